The maximum atomic E-state index is 13.6. The van der Waals surface area contributed by atoms with Crippen LogP contribution in [0.5, 0.6) is 0 Å². The van der Waals surface area contributed by atoms with Crippen molar-refractivity contribution in [2.45, 2.75) is 13.5 Å². The van der Waals surface area contributed by atoms with Crippen molar-refractivity contribution in [1.82, 2.24) is 0 Å². The molecule has 2 rings (SSSR count). The highest BCUT2D eigenvalue weighted by Crippen LogP contribution is 2.19. The van der Waals surface area contributed by atoms with Crippen LogP contribution in [0.4, 0.5) is 14.5 Å². The van der Waals surface area contributed by atoms with Gasteiger partial charge < -0.3 is 11.1 Å². The molecule has 0 aromatic heterocycles. The molecule has 0 aliphatic rings. The van der Waals surface area contributed by atoms with Crippen LogP contribution in [-0.4, -0.2) is 5.91 Å². The van der Waals surface area contributed by atoms with Crippen LogP contribution >= 0.6 is 0 Å². The van der Waals surface area contributed by atoms with Gasteiger partial charge in [0.25, 0.3) is 0 Å². The van der Waals surface area contributed by atoms with Crippen LogP contribution in [0, 0.1) is 18.6 Å². The van der Waals surface area contributed by atoms with E-state index in [4.69, 9.17) is 5.73 Å². The molecule has 3 nitrogen and oxygen atoms in total. The van der Waals surface area contributed by atoms with E-state index >= 15 is 0 Å². The number of nitrogens with one attached hydrogen (secondary N) is 1. The smallest absolute Gasteiger partial charge is 0.248 e. The van der Waals surface area contributed by atoms with Gasteiger partial charge in [0.2, 0.25) is 5.91 Å². The van der Waals surface area contributed by atoms with Crippen LogP contribution in [-0.2, 0) is 6.54 Å². The van der Waals surface area contributed by atoms with E-state index in [1.165, 1.54) is 24.3 Å². The Morgan fingerprint density at radius 2 is 1.95 bits per heavy atom. The Morgan fingerprint density at radius 3 is 2.65 bits per heavy atom. The summed E-state index contributed by atoms with van der Waals surface area (Å²) in [5.74, 6) is -1.40. The van der Waals surface area contributed by atoms with Crippen molar-refractivity contribution in [3.05, 3.63) is 64.7 Å². The summed E-state index contributed by atoms with van der Waals surface area (Å²) >= 11 is 0. The molecule has 2 aromatic carbocycles. The normalized spacial score (nSPS) is 10.3. The van der Waals surface area contributed by atoms with Crippen molar-refractivity contribution in [2.24, 2.45) is 5.73 Å². The molecule has 5 heteroatoms. The predicted molar refractivity (Wildman–Crippen MR) is 73.4 cm³/mol. The summed E-state index contributed by atoms with van der Waals surface area (Å²) in [6.07, 6.45) is 0. The van der Waals surface area contributed by atoms with E-state index in [2.05, 4.69) is 5.32 Å². The van der Waals surface area contributed by atoms with Crippen molar-refractivity contribution < 1.29 is 13.6 Å². The van der Waals surface area contributed by atoms with E-state index in [-0.39, 0.29) is 17.9 Å². The SMILES string of the molecule is Cc1c(F)cccc1NCc1cc(C(N)=O)ccc1F. The van der Waals surface area contributed by atoms with Gasteiger partial charge in [-0.1, -0.05) is 6.07 Å². The lowest BCUT2D eigenvalue weighted by Gasteiger charge is -2.11. The topological polar surface area (TPSA) is 55.1 Å². The zero-order chi connectivity index (χ0) is 14.7. The van der Waals surface area contributed by atoms with Crippen molar-refractivity contribution in [1.29, 1.82) is 0 Å². The third-order valence-electron chi connectivity index (χ3n) is 3.07. The molecule has 0 saturated carbocycles. The summed E-state index contributed by atoms with van der Waals surface area (Å²) in [7, 11) is 0. The van der Waals surface area contributed by atoms with Gasteiger partial charge in [-0.2, -0.15) is 0 Å². The highest BCUT2D eigenvalue weighted by atomic mass is 19.1. The summed E-state index contributed by atoms with van der Waals surface area (Å²) in [5.41, 5.74) is 6.72. The van der Waals surface area contributed by atoms with E-state index in [0.717, 1.165) is 0 Å². The second kappa shape index (κ2) is 5.69. The number of rotatable bonds is 4. The molecule has 1 amide bonds. The number of amides is 1. The molecule has 0 heterocycles. The van der Waals surface area contributed by atoms with Crippen LogP contribution in [0.25, 0.3) is 0 Å². The number of hydrogen-bond acceptors (Lipinski definition) is 2. The van der Waals surface area contributed by atoms with Crippen molar-refractivity contribution in [3.8, 4) is 0 Å². The number of carbonyl (C=O) groups excluding carboxylic acids is 1. The molecular formula is C15H14F2N2O. The molecule has 0 saturated heterocycles. The minimum absolute atomic E-state index is 0.136. The summed E-state index contributed by atoms with van der Waals surface area (Å²) in [6.45, 7) is 1.77. The van der Waals surface area contributed by atoms with Crippen LogP contribution in [0.3, 0.4) is 0 Å². The van der Waals surface area contributed by atoms with Gasteiger partial charge in [-0.25, -0.2) is 8.78 Å². The van der Waals surface area contributed by atoms with Gasteiger partial charge in [0.1, 0.15) is 11.6 Å². The fraction of sp³-hybridized carbons (Fsp3) is 0.133. The Balaban J connectivity index is 2.20. The number of halogens is 2. The van der Waals surface area contributed by atoms with Gasteiger partial charge in [-0.15, -0.1) is 0 Å². The first-order valence-electron chi connectivity index (χ1n) is 6.06. The molecule has 3 N–H and O–H groups in total. The van der Waals surface area contributed by atoms with Crippen molar-refractivity contribution in [2.75, 3.05) is 5.32 Å². The third kappa shape index (κ3) is 2.93. The lowest BCUT2D eigenvalue weighted by molar-refractivity contribution is 0.1000. The number of nitrogens with two attached hydrogens (primary N) is 1. The maximum absolute atomic E-state index is 13.6. The van der Waals surface area contributed by atoms with Crippen molar-refractivity contribution in [3.63, 3.8) is 0 Å². The number of carbonyl (C=O) groups is 1. The average Bonchev–Trinajstić information content (AvgIpc) is 2.41. The van der Waals surface area contributed by atoms with Crippen molar-refractivity contribution >= 4 is 11.6 Å². The third-order valence-corrected chi connectivity index (χ3v) is 3.07. The minimum atomic E-state index is -0.617. The average molecular weight is 276 g/mol. The number of hydrogen-bond donors (Lipinski definition) is 2. The largest absolute Gasteiger partial charge is 0.381 e. The molecule has 0 fully saturated rings. The molecule has 0 aliphatic heterocycles. The second-order valence-electron chi connectivity index (χ2n) is 4.44. The molecule has 20 heavy (non-hydrogen) atoms. The first-order chi connectivity index (χ1) is 9.49. The van der Waals surface area contributed by atoms with Crippen LogP contribution in [0.15, 0.2) is 36.4 Å². The van der Waals surface area contributed by atoms with Crippen LogP contribution < -0.4 is 11.1 Å². The summed E-state index contributed by atoms with van der Waals surface area (Å²) in [4.78, 5) is 11.1. The Hall–Kier alpha value is -2.43. The summed E-state index contributed by atoms with van der Waals surface area (Å²) < 4.78 is 27.0. The Bertz CT molecular complexity index is 656. The maximum Gasteiger partial charge on any atom is 0.248 e. The molecule has 0 spiro atoms. The van der Waals surface area contributed by atoms with E-state index in [9.17, 15) is 13.6 Å². The first-order valence-corrected chi connectivity index (χ1v) is 6.06. The molecule has 0 atom stereocenters. The molecule has 0 unspecified atom stereocenters. The summed E-state index contributed by atoms with van der Waals surface area (Å²) in [5, 5.41) is 2.94. The molecule has 0 bridgehead atoms. The lowest BCUT2D eigenvalue weighted by atomic mass is 10.1. The predicted octanol–water partition coefficient (Wildman–Crippen LogP) is 2.98. The Morgan fingerprint density at radius 1 is 1.20 bits per heavy atom. The molecular weight excluding hydrogens is 262 g/mol. The number of anilines is 1. The summed E-state index contributed by atoms with van der Waals surface area (Å²) in [6, 6.07) is 8.54. The minimum Gasteiger partial charge on any atom is -0.381 e. The van der Waals surface area contributed by atoms with E-state index in [1.54, 1.807) is 19.1 Å². The Labute approximate surface area is 115 Å². The second-order valence-corrected chi connectivity index (χ2v) is 4.44. The highest BCUT2D eigenvalue weighted by Gasteiger charge is 2.08. The van der Waals surface area contributed by atoms with Gasteiger partial charge in [-0.3, -0.25) is 4.79 Å². The van der Waals surface area contributed by atoms with Crippen LogP contribution in [0.1, 0.15) is 21.5 Å². The van der Waals surface area contributed by atoms with Gasteiger partial charge in [-0.05, 0) is 37.3 Å². The van der Waals surface area contributed by atoms with E-state index in [0.29, 0.717) is 16.8 Å². The zero-order valence-electron chi connectivity index (χ0n) is 10.9. The fourth-order valence-corrected chi connectivity index (χ4v) is 1.85. The van der Waals surface area contributed by atoms with Gasteiger partial charge >= 0.3 is 0 Å². The monoisotopic (exact) mass is 276 g/mol. The standard InChI is InChI=1S/C15H14F2N2O/c1-9-12(16)3-2-4-14(9)19-8-11-7-10(15(18)20)5-6-13(11)17/h2-7,19H,8H2,1H3,(H2,18,20). The first kappa shape index (κ1) is 14.0. The highest BCUT2D eigenvalue weighted by molar-refractivity contribution is 5.92. The molecule has 2 aromatic rings. The molecule has 0 aliphatic carbocycles. The van der Waals surface area contributed by atoms with Gasteiger partial charge in [0.05, 0.1) is 0 Å². The lowest BCUT2D eigenvalue weighted by Crippen LogP contribution is -2.12. The van der Waals surface area contributed by atoms with Gasteiger partial charge in [0.15, 0.2) is 0 Å². The van der Waals surface area contributed by atoms with Gasteiger partial charge in [0, 0.05) is 28.9 Å². The molecule has 0 radical (unpaired) electrons. The molecule has 104 valence electrons. The fourth-order valence-electron chi connectivity index (χ4n) is 1.85. The quantitative estimate of drug-likeness (QED) is 0.902. The van der Waals surface area contributed by atoms with E-state index in [1.807, 2.05) is 0 Å². The number of primary amides is 1. The Kier molecular flexibility index (Phi) is 3.98. The van der Waals surface area contributed by atoms with E-state index < -0.39 is 11.7 Å². The number of benzene rings is 2. The zero-order valence-corrected chi connectivity index (χ0v) is 10.9. The van der Waals surface area contributed by atoms with Crippen LogP contribution in [0.2, 0.25) is 0 Å².